The van der Waals surface area contributed by atoms with E-state index in [1.165, 1.54) is 6.20 Å². The number of halogens is 1. The molecule has 0 aliphatic carbocycles. The summed E-state index contributed by atoms with van der Waals surface area (Å²) in [6.07, 6.45) is 3.24. The Kier molecular flexibility index (Phi) is 3.64. The van der Waals surface area contributed by atoms with Gasteiger partial charge in [0.25, 0.3) is 0 Å². The van der Waals surface area contributed by atoms with Gasteiger partial charge in [0.1, 0.15) is 5.82 Å². The van der Waals surface area contributed by atoms with E-state index < -0.39 is 0 Å². The van der Waals surface area contributed by atoms with E-state index in [1.807, 2.05) is 6.92 Å². The van der Waals surface area contributed by atoms with Gasteiger partial charge in [0.05, 0.1) is 5.02 Å². The number of amides is 1. The molecule has 2 rings (SSSR count). The first kappa shape index (κ1) is 12.3. The quantitative estimate of drug-likeness (QED) is 0.848. The Morgan fingerprint density at radius 2 is 2.18 bits per heavy atom. The average Bonchev–Trinajstić information content (AvgIpc) is 2.33. The molecule has 1 saturated heterocycles. The smallest absolute Gasteiger partial charge is 0.231 e. The molecule has 1 aliphatic heterocycles. The van der Waals surface area contributed by atoms with E-state index in [-0.39, 0.29) is 11.3 Å². The van der Waals surface area contributed by atoms with Crippen molar-refractivity contribution in [2.24, 2.45) is 5.41 Å². The molecule has 4 nitrogen and oxygen atoms in total. The van der Waals surface area contributed by atoms with Gasteiger partial charge in [0.2, 0.25) is 5.91 Å². The number of carbonyl (C=O) groups excluding carboxylic acids is 1. The highest BCUT2D eigenvalue weighted by Gasteiger charge is 2.34. The minimum absolute atomic E-state index is 0.0359. The van der Waals surface area contributed by atoms with Crippen molar-refractivity contribution >= 4 is 23.3 Å². The zero-order chi connectivity index (χ0) is 12.3. The highest BCUT2D eigenvalue weighted by Crippen LogP contribution is 2.29. The molecule has 0 spiro atoms. The average molecular weight is 254 g/mol. The maximum atomic E-state index is 12.2. The molecule has 0 unspecified atom stereocenters. The standard InChI is InChI=1S/C12H16ClN3O/c1-12(4-6-14-7-5-12)11(17)16-10-3-2-9(13)8-15-10/h2-3,8,14H,4-7H2,1H3,(H,15,16,17). The summed E-state index contributed by atoms with van der Waals surface area (Å²) < 4.78 is 0. The SMILES string of the molecule is CC1(C(=O)Nc2ccc(Cl)cn2)CCNCC1. The fraction of sp³-hybridized carbons (Fsp3) is 0.500. The van der Waals surface area contributed by atoms with Crippen LogP contribution in [0.15, 0.2) is 18.3 Å². The molecule has 17 heavy (non-hydrogen) atoms. The second-order valence-corrected chi connectivity index (χ2v) is 5.06. The topological polar surface area (TPSA) is 54.0 Å². The number of piperidine rings is 1. The number of anilines is 1. The summed E-state index contributed by atoms with van der Waals surface area (Å²) in [6, 6.07) is 3.43. The number of pyridine rings is 1. The van der Waals surface area contributed by atoms with Crippen LogP contribution in [0.4, 0.5) is 5.82 Å². The van der Waals surface area contributed by atoms with Gasteiger partial charge in [-0.05, 0) is 38.1 Å². The Morgan fingerprint density at radius 3 is 2.76 bits per heavy atom. The first-order chi connectivity index (χ1) is 8.10. The molecule has 1 aromatic heterocycles. The number of nitrogens with one attached hydrogen (secondary N) is 2. The summed E-state index contributed by atoms with van der Waals surface area (Å²) in [5, 5.41) is 6.66. The summed E-state index contributed by atoms with van der Waals surface area (Å²) in [7, 11) is 0. The number of nitrogens with zero attached hydrogens (tertiary/aromatic N) is 1. The van der Waals surface area contributed by atoms with Crippen LogP contribution in [0.5, 0.6) is 0 Å². The Balaban J connectivity index is 2.03. The third kappa shape index (κ3) is 2.96. The molecule has 1 amide bonds. The molecular weight excluding hydrogens is 238 g/mol. The number of carbonyl (C=O) groups is 1. The number of rotatable bonds is 2. The molecule has 1 fully saturated rings. The van der Waals surface area contributed by atoms with E-state index >= 15 is 0 Å². The van der Waals surface area contributed by atoms with E-state index in [2.05, 4.69) is 15.6 Å². The zero-order valence-corrected chi connectivity index (χ0v) is 10.5. The van der Waals surface area contributed by atoms with Crippen LogP contribution in [0.3, 0.4) is 0 Å². The maximum absolute atomic E-state index is 12.2. The molecule has 0 bridgehead atoms. The lowest BCUT2D eigenvalue weighted by Gasteiger charge is -2.32. The lowest BCUT2D eigenvalue weighted by Crippen LogP contribution is -2.42. The van der Waals surface area contributed by atoms with E-state index in [0.29, 0.717) is 10.8 Å². The molecule has 1 aromatic rings. The molecule has 2 heterocycles. The van der Waals surface area contributed by atoms with Crippen LogP contribution in [-0.4, -0.2) is 24.0 Å². The van der Waals surface area contributed by atoms with Crippen LogP contribution in [0.2, 0.25) is 5.02 Å². The van der Waals surface area contributed by atoms with Crippen LogP contribution >= 0.6 is 11.6 Å². The Hall–Kier alpha value is -1.13. The van der Waals surface area contributed by atoms with E-state index in [9.17, 15) is 4.79 Å². The number of hydrogen-bond acceptors (Lipinski definition) is 3. The minimum Gasteiger partial charge on any atom is -0.317 e. The third-order valence-corrected chi connectivity index (χ3v) is 3.45. The zero-order valence-electron chi connectivity index (χ0n) is 9.79. The van der Waals surface area contributed by atoms with Crippen LogP contribution in [-0.2, 0) is 4.79 Å². The van der Waals surface area contributed by atoms with Crippen molar-refractivity contribution in [3.63, 3.8) is 0 Å². The lowest BCUT2D eigenvalue weighted by atomic mass is 9.80. The molecule has 2 N–H and O–H groups in total. The first-order valence-corrected chi connectivity index (χ1v) is 6.12. The van der Waals surface area contributed by atoms with E-state index in [1.54, 1.807) is 12.1 Å². The van der Waals surface area contributed by atoms with Crippen molar-refractivity contribution in [2.45, 2.75) is 19.8 Å². The van der Waals surface area contributed by atoms with Gasteiger partial charge in [-0.1, -0.05) is 18.5 Å². The van der Waals surface area contributed by atoms with Gasteiger partial charge in [0, 0.05) is 11.6 Å². The van der Waals surface area contributed by atoms with Gasteiger partial charge >= 0.3 is 0 Å². The van der Waals surface area contributed by atoms with Gasteiger partial charge in [-0.2, -0.15) is 0 Å². The monoisotopic (exact) mass is 253 g/mol. The van der Waals surface area contributed by atoms with E-state index in [0.717, 1.165) is 25.9 Å². The largest absolute Gasteiger partial charge is 0.317 e. The Bertz CT molecular complexity index is 399. The maximum Gasteiger partial charge on any atom is 0.231 e. The Labute approximate surface area is 106 Å². The number of hydrogen-bond donors (Lipinski definition) is 2. The Morgan fingerprint density at radius 1 is 1.47 bits per heavy atom. The summed E-state index contributed by atoms with van der Waals surface area (Å²) in [4.78, 5) is 16.2. The fourth-order valence-electron chi connectivity index (χ4n) is 1.92. The van der Waals surface area contributed by atoms with Crippen molar-refractivity contribution in [3.05, 3.63) is 23.4 Å². The van der Waals surface area contributed by atoms with Crippen LogP contribution in [0, 0.1) is 5.41 Å². The molecule has 0 atom stereocenters. The van der Waals surface area contributed by atoms with Gasteiger partial charge < -0.3 is 10.6 Å². The normalized spacial score (nSPS) is 18.7. The van der Waals surface area contributed by atoms with Crippen molar-refractivity contribution < 1.29 is 4.79 Å². The highest BCUT2D eigenvalue weighted by atomic mass is 35.5. The second-order valence-electron chi connectivity index (χ2n) is 4.63. The van der Waals surface area contributed by atoms with Crippen molar-refractivity contribution in [3.8, 4) is 0 Å². The van der Waals surface area contributed by atoms with Gasteiger partial charge in [-0.25, -0.2) is 4.98 Å². The molecule has 0 radical (unpaired) electrons. The van der Waals surface area contributed by atoms with Gasteiger partial charge in [-0.3, -0.25) is 4.79 Å². The second kappa shape index (κ2) is 5.02. The van der Waals surface area contributed by atoms with Gasteiger partial charge in [-0.15, -0.1) is 0 Å². The molecule has 0 aromatic carbocycles. The predicted molar refractivity (Wildman–Crippen MR) is 68.1 cm³/mol. The molecule has 0 saturated carbocycles. The van der Waals surface area contributed by atoms with Crippen LogP contribution in [0.1, 0.15) is 19.8 Å². The van der Waals surface area contributed by atoms with Crippen molar-refractivity contribution in [1.82, 2.24) is 10.3 Å². The molecule has 92 valence electrons. The third-order valence-electron chi connectivity index (χ3n) is 3.22. The predicted octanol–water partition coefficient (Wildman–Crippen LogP) is 2.06. The summed E-state index contributed by atoms with van der Waals surface area (Å²) >= 11 is 5.74. The van der Waals surface area contributed by atoms with Crippen molar-refractivity contribution in [2.75, 3.05) is 18.4 Å². The summed E-state index contributed by atoms with van der Waals surface area (Å²) in [5.41, 5.74) is -0.299. The minimum atomic E-state index is -0.299. The first-order valence-electron chi connectivity index (χ1n) is 5.74. The lowest BCUT2D eigenvalue weighted by molar-refractivity contribution is -0.126. The molecule has 1 aliphatic rings. The highest BCUT2D eigenvalue weighted by molar-refractivity contribution is 6.30. The number of aromatic nitrogens is 1. The van der Waals surface area contributed by atoms with Crippen LogP contribution in [0.25, 0.3) is 0 Å². The molecular formula is C12H16ClN3O. The molecule has 5 heteroatoms. The van der Waals surface area contributed by atoms with E-state index in [4.69, 9.17) is 11.6 Å². The summed E-state index contributed by atoms with van der Waals surface area (Å²) in [5.74, 6) is 0.591. The van der Waals surface area contributed by atoms with Crippen molar-refractivity contribution in [1.29, 1.82) is 0 Å². The van der Waals surface area contributed by atoms with Gasteiger partial charge in [0.15, 0.2) is 0 Å². The fourth-order valence-corrected chi connectivity index (χ4v) is 2.03. The van der Waals surface area contributed by atoms with Crippen LogP contribution < -0.4 is 10.6 Å². The summed E-state index contributed by atoms with van der Waals surface area (Å²) in [6.45, 7) is 3.77.